The zero-order chi connectivity index (χ0) is 15.9. The number of rotatable bonds is 2. The molecular formula is C18H18N2O2. The molecule has 0 saturated heterocycles. The van der Waals surface area contributed by atoms with Crippen LogP contribution in [0.25, 0.3) is 5.70 Å². The number of nitrogens with zero attached hydrogens (tertiary/aromatic N) is 1. The third-order valence-corrected chi connectivity index (χ3v) is 3.93. The summed E-state index contributed by atoms with van der Waals surface area (Å²) in [7, 11) is 0. The standard InChI is InChI=1S/C18H18N2O2/c1-18(2)10-13-7-6-12(17(19)22)9-14(13)15(11-18)20-8-4-3-5-16(20)21/h3-9,11H,10H2,1-2H3,(H2,19,22). The number of carbonyl (C=O) groups is 1. The van der Waals surface area contributed by atoms with Gasteiger partial charge < -0.3 is 5.73 Å². The molecule has 0 atom stereocenters. The fraction of sp³-hybridized carbons (Fsp3) is 0.222. The van der Waals surface area contributed by atoms with Gasteiger partial charge in [-0.1, -0.05) is 32.1 Å². The van der Waals surface area contributed by atoms with Gasteiger partial charge in [-0.05, 0) is 35.6 Å². The molecule has 0 unspecified atom stereocenters. The molecule has 0 bridgehead atoms. The number of hydrogen-bond acceptors (Lipinski definition) is 2. The van der Waals surface area contributed by atoms with Gasteiger partial charge in [-0.2, -0.15) is 0 Å². The van der Waals surface area contributed by atoms with E-state index in [0.717, 1.165) is 23.2 Å². The first-order valence-corrected chi connectivity index (χ1v) is 7.21. The Morgan fingerprint density at radius 3 is 2.68 bits per heavy atom. The molecule has 2 aromatic rings. The van der Waals surface area contributed by atoms with Crippen molar-refractivity contribution in [2.75, 3.05) is 0 Å². The van der Waals surface area contributed by atoms with Crippen LogP contribution in [0, 0.1) is 5.41 Å². The number of aromatic nitrogens is 1. The lowest BCUT2D eigenvalue weighted by molar-refractivity contribution is 0.100. The molecule has 1 aromatic heterocycles. The Bertz CT molecular complexity index is 844. The third-order valence-electron chi connectivity index (χ3n) is 3.93. The molecule has 0 radical (unpaired) electrons. The van der Waals surface area contributed by atoms with Gasteiger partial charge in [-0.3, -0.25) is 14.2 Å². The first kappa shape index (κ1) is 14.3. The van der Waals surface area contributed by atoms with E-state index in [2.05, 4.69) is 19.9 Å². The Kier molecular flexibility index (Phi) is 3.24. The lowest BCUT2D eigenvalue weighted by Crippen LogP contribution is -2.26. The Hall–Kier alpha value is -2.62. The van der Waals surface area contributed by atoms with Crippen LogP contribution in [0.3, 0.4) is 0 Å². The Morgan fingerprint density at radius 1 is 1.23 bits per heavy atom. The average molecular weight is 294 g/mol. The minimum absolute atomic E-state index is 0.0636. The Labute approximate surface area is 128 Å². The van der Waals surface area contributed by atoms with Crippen molar-refractivity contribution in [2.24, 2.45) is 11.1 Å². The van der Waals surface area contributed by atoms with Crippen LogP contribution in [0.5, 0.6) is 0 Å². The van der Waals surface area contributed by atoms with E-state index in [1.807, 2.05) is 12.1 Å². The molecule has 1 amide bonds. The summed E-state index contributed by atoms with van der Waals surface area (Å²) in [5.41, 5.74) is 8.49. The molecule has 1 heterocycles. The summed E-state index contributed by atoms with van der Waals surface area (Å²) in [6, 6.07) is 10.5. The molecule has 1 aliphatic carbocycles. The largest absolute Gasteiger partial charge is 0.366 e. The number of benzene rings is 1. The summed E-state index contributed by atoms with van der Waals surface area (Å²) in [5, 5.41) is 0. The quantitative estimate of drug-likeness (QED) is 0.924. The monoisotopic (exact) mass is 294 g/mol. The normalized spacial score (nSPS) is 15.8. The van der Waals surface area contributed by atoms with Gasteiger partial charge in [0.15, 0.2) is 0 Å². The van der Waals surface area contributed by atoms with Crippen molar-refractivity contribution >= 4 is 11.6 Å². The highest BCUT2D eigenvalue weighted by Gasteiger charge is 2.27. The van der Waals surface area contributed by atoms with Crippen molar-refractivity contribution in [3.8, 4) is 0 Å². The number of allylic oxidation sites excluding steroid dienone is 1. The van der Waals surface area contributed by atoms with E-state index in [9.17, 15) is 9.59 Å². The first-order chi connectivity index (χ1) is 10.4. The van der Waals surface area contributed by atoms with Crippen molar-refractivity contribution in [1.29, 1.82) is 0 Å². The van der Waals surface area contributed by atoms with Crippen LogP contribution in [0.1, 0.15) is 35.3 Å². The molecule has 4 nitrogen and oxygen atoms in total. The highest BCUT2D eigenvalue weighted by Crippen LogP contribution is 2.37. The molecule has 0 fully saturated rings. The molecule has 1 aromatic carbocycles. The molecule has 112 valence electrons. The van der Waals surface area contributed by atoms with Crippen LogP contribution >= 0.6 is 0 Å². The minimum atomic E-state index is -0.465. The van der Waals surface area contributed by atoms with Gasteiger partial charge in [-0.25, -0.2) is 0 Å². The fourth-order valence-electron chi connectivity index (χ4n) is 2.94. The second kappa shape index (κ2) is 4.98. The summed E-state index contributed by atoms with van der Waals surface area (Å²) in [4.78, 5) is 23.6. The van der Waals surface area contributed by atoms with E-state index >= 15 is 0 Å². The number of fused-ring (bicyclic) bond motifs is 1. The minimum Gasteiger partial charge on any atom is -0.366 e. The maximum Gasteiger partial charge on any atom is 0.255 e. The predicted molar refractivity (Wildman–Crippen MR) is 86.5 cm³/mol. The molecule has 0 aliphatic heterocycles. The third kappa shape index (κ3) is 2.48. The SMILES string of the molecule is CC1(C)C=C(n2ccccc2=O)c2cc(C(N)=O)ccc2C1. The zero-order valence-electron chi connectivity index (χ0n) is 12.7. The van der Waals surface area contributed by atoms with Gasteiger partial charge in [0.05, 0.1) is 5.70 Å². The van der Waals surface area contributed by atoms with Crippen molar-refractivity contribution in [2.45, 2.75) is 20.3 Å². The summed E-state index contributed by atoms with van der Waals surface area (Å²) in [6.07, 6.45) is 4.68. The maximum atomic E-state index is 12.2. The molecule has 4 heteroatoms. The van der Waals surface area contributed by atoms with Crippen LogP contribution < -0.4 is 11.3 Å². The second-order valence-electron chi connectivity index (χ2n) is 6.34. The molecule has 0 spiro atoms. The van der Waals surface area contributed by atoms with Crippen molar-refractivity contribution < 1.29 is 4.79 Å². The highest BCUT2D eigenvalue weighted by atomic mass is 16.1. The van der Waals surface area contributed by atoms with Crippen molar-refractivity contribution in [3.63, 3.8) is 0 Å². The molecule has 22 heavy (non-hydrogen) atoms. The van der Waals surface area contributed by atoms with E-state index in [1.54, 1.807) is 29.0 Å². The number of carbonyl (C=O) groups excluding carboxylic acids is 1. The van der Waals surface area contributed by atoms with Gasteiger partial charge in [0.1, 0.15) is 0 Å². The second-order valence-corrected chi connectivity index (χ2v) is 6.34. The lowest BCUT2D eigenvalue weighted by Gasteiger charge is -2.30. The Balaban J connectivity index is 2.27. The summed E-state index contributed by atoms with van der Waals surface area (Å²) >= 11 is 0. The Morgan fingerprint density at radius 2 is 2.00 bits per heavy atom. The first-order valence-electron chi connectivity index (χ1n) is 7.21. The van der Waals surface area contributed by atoms with E-state index in [0.29, 0.717) is 5.56 Å². The van der Waals surface area contributed by atoms with Gasteiger partial charge in [0.2, 0.25) is 5.91 Å². The van der Waals surface area contributed by atoms with E-state index < -0.39 is 5.91 Å². The lowest BCUT2D eigenvalue weighted by atomic mass is 9.77. The summed E-state index contributed by atoms with van der Waals surface area (Å²) < 4.78 is 1.62. The van der Waals surface area contributed by atoms with Crippen LogP contribution in [-0.2, 0) is 6.42 Å². The number of hydrogen-bond donors (Lipinski definition) is 1. The highest BCUT2D eigenvalue weighted by molar-refractivity contribution is 5.94. The van der Waals surface area contributed by atoms with Crippen molar-refractivity contribution in [1.82, 2.24) is 4.57 Å². The van der Waals surface area contributed by atoms with Gasteiger partial charge in [0.25, 0.3) is 5.56 Å². The molecular weight excluding hydrogens is 276 g/mol. The van der Waals surface area contributed by atoms with Crippen LogP contribution in [0.4, 0.5) is 0 Å². The van der Waals surface area contributed by atoms with Crippen LogP contribution in [0.2, 0.25) is 0 Å². The smallest absolute Gasteiger partial charge is 0.255 e. The van der Waals surface area contributed by atoms with Crippen LogP contribution in [-0.4, -0.2) is 10.5 Å². The van der Waals surface area contributed by atoms with E-state index in [4.69, 9.17) is 5.73 Å². The number of primary amides is 1. The molecule has 3 rings (SSSR count). The molecule has 2 N–H and O–H groups in total. The molecule has 0 saturated carbocycles. The van der Waals surface area contributed by atoms with Crippen LogP contribution in [0.15, 0.2) is 53.5 Å². The summed E-state index contributed by atoms with van der Waals surface area (Å²) in [6.45, 7) is 4.26. The summed E-state index contributed by atoms with van der Waals surface area (Å²) in [5.74, 6) is -0.465. The zero-order valence-corrected chi connectivity index (χ0v) is 12.7. The van der Waals surface area contributed by atoms with E-state index in [-0.39, 0.29) is 11.0 Å². The van der Waals surface area contributed by atoms with Gasteiger partial charge in [-0.15, -0.1) is 0 Å². The maximum absolute atomic E-state index is 12.2. The molecule has 1 aliphatic rings. The fourth-order valence-corrected chi connectivity index (χ4v) is 2.94. The topological polar surface area (TPSA) is 65.1 Å². The number of nitrogens with two attached hydrogens (primary N) is 1. The number of amides is 1. The van der Waals surface area contributed by atoms with Gasteiger partial charge >= 0.3 is 0 Å². The predicted octanol–water partition coefficient (Wildman–Crippen LogP) is 2.42. The van der Waals surface area contributed by atoms with Gasteiger partial charge in [0, 0.05) is 23.4 Å². The van der Waals surface area contributed by atoms with Crippen molar-refractivity contribution in [3.05, 3.63) is 75.7 Å². The average Bonchev–Trinajstić information content (AvgIpc) is 2.45. The van der Waals surface area contributed by atoms with E-state index in [1.165, 1.54) is 6.07 Å². The number of pyridine rings is 1.